The van der Waals surface area contributed by atoms with E-state index >= 15 is 0 Å². The Morgan fingerprint density at radius 2 is 1.87 bits per heavy atom. The van der Waals surface area contributed by atoms with Crippen LogP contribution in [0.3, 0.4) is 0 Å². The molecule has 0 N–H and O–H groups in total. The minimum atomic E-state index is 0.372. The summed E-state index contributed by atoms with van der Waals surface area (Å²) in [5, 5.41) is 9.04. The molecule has 0 aromatic heterocycles. The zero-order valence-corrected chi connectivity index (χ0v) is 14.0. The van der Waals surface area contributed by atoms with E-state index in [0.717, 1.165) is 19.4 Å². The maximum atomic E-state index is 9.04. The fraction of sp³-hybridized carbons (Fsp3) is 0.381. The molecule has 0 aliphatic carbocycles. The number of aryl methyl sites for hydroxylation is 1. The van der Waals surface area contributed by atoms with Crippen molar-refractivity contribution in [1.82, 2.24) is 0 Å². The maximum Gasteiger partial charge on any atom is 0.0643 e. The van der Waals surface area contributed by atoms with Crippen LogP contribution in [-0.2, 0) is 6.42 Å². The molecule has 0 bridgehead atoms. The van der Waals surface area contributed by atoms with Gasteiger partial charge in [0.15, 0.2) is 0 Å². The number of nitrogens with zero attached hydrogens (tertiary/aromatic N) is 2. The molecule has 0 radical (unpaired) electrons. The zero-order valence-electron chi connectivity index (χ0n) is 14.0. The molecule has 0 spiro atoms. The molecule has 0 unspecified atom stereocenters. The maximum absolute atomic E-state index is 9.04. The molecule has 23 heavy (non-hydrogen) atoms. The van der Waals surface area contributed by atoms with Crippen LogP contribution >= 0.6 is 0 Å². The number of rotatable bonds is 4. The van der Waals surface area contributed by atoms with Crippen LogP contribution in [0.1, 0.15) is 36.5 Å². The molecule has 1 aliphatic heterocycles. The molecule has 1 heterocycles. The molecule has 1 saturated heterocycles. The second kappa shape index (κ2) is 6.87. The van der Waals surface area contributed by atoms with E-state index in [1.165, 1.54) is 22.4 Å². The standard InChI is InChI=1S/C21H24N2/c1-16-13-21(11-12-22)23(15-16)20-9-7-18(8-10-20)14-19-6-4-3-5-17(19)2/h3-10,16,21H,11,13-15H2,1-2H3/t16-,21+/m0/s1. The van der Waals surface area contributed by atoms with E-state index < -0.39 is 0 Å². The topological polar surface area (TPSA) is 27.0 Å². The molecule has 1 fully saturated rings. The Kier molecular flexibility index (Phi) is 4.67. The van der Waals surface area contributed by atoms with Gasteiger partial charge < -0.3 is 4.90 Å². The third-order valence-corrected chi connectivity index (χ3v) is 4.87. The van der Waals surface area contributed by atoms with E-state index in [1.54, 1.807) is 0 Å². The molecule has 0 amide bonds. The summed E-state index contributed by atoms with van der Waals surface area (Å²) in [5.74, 6) is 0.667. The van der Waals surface area contributed by atoms with Crippen LogP contribution in [0.15, 0.2) is 48.5 Å². The fourth-order valence-electron chi connectivity index (χ4n) is 3.60. The highest BCUT2D eigenvalue weighted by molar-refractivity contribution is 5.50. The summed E-state index contributed by atoms with van der Waals surface area (Å²) in [6.45, 7) is 5.50. The van der Waals surface area contributed by atoms with Crippen molar-refractivity contribution in [2.45, 2.75) is 39.2 Å². The molecule has 2 atom stereocenters. The van der Waals surface area contributed by atoms with Crippen molar-refractivity contribution in [2.24, 2.45) is 5.92 Å². The number of hydrogen-bond donors (Lipinski definition) is 0. The summed E-state index contributed by atoms with van der Waals surface area (Å²) >= 11 is 0. The highest BCUT2D eigenvalue weighted by atomic mass is 15.2. The van der Waals surface area contributed by atoms with Gasteiger partial charge in [-0.2, -0.15) is 5.26 Å². The van der Waals surface area contributed by atoms with Gasteiger partial charge in [-0.25, -0.2) is 0 Å². The Bertz CT molecular complexity index is 697. The van der Waals surface area contributed by atoms with Crippen molar-refractivity contribution < 1.29 is 0 Å². The summed E-state index contributed by atoms with van der Waals surface area (Å²) < 4.78 is 0. The lowest BCUT2D eigenvalue weighted by Crippen LogP contribution is -2.28. The number of anilines is 1. The average molecular weight is 304 g/mol. The van der Waals surface area contributed by atoms with Crippen LogP contribution < -0.4 is 4.90 Å². The molecular formula is C21H24N2. The smallest absolute Gasteiger partial charge is 0.0643 e. The molecule has 118 valence electrons. The molecule has 1 aliphatic rings. The summed E-state index contributed by atoms with van der Waals surface area (Å²) in [6.07, 6.45) is 2.72. The van der Waals surface area contributed by atoms with Gasteiger partial charge in [-0.3, -0.25) is 0 Å². The molecule has 2 nitrogen and oxygen atoms in total. The summed E-state index contributed by atoms with van der Waals surface area (Å²) in [4.78, 5) is 2.41. The van der Waals surface area contributed by atoms with E-state index in [-0.39, 0.29) is 0 Å². The molecule has 2 aromatic carbocycles. The zero-order chi connectivity index (χ0) is 16.2. The van der Waals surface area contributed by atoms with Gasteiger partial charge in [-0.05, 0) is 54.5 Å². The van der Waals surface area contributed by atoms with E-state index in [0.29, 0.717) is 18.4 Å². The Morgan fingerprint density at radius 1 is 1.13 bits per heavy atom. The highest BCUT2D eigenvalue weighted by Crippen LogP contribution is 2.30. The Hall–Kier alpha value is -2.27. The van der Waals surface area contributed by atoms with Gasteiger partial charge in [-0.15, -0.1) is 0 Å². The van der Waals surface area contributed by atoms with Crippen LogP contribution in [0.2, 0.25) is 0 Å². The quantitative estimate of drug-likeness (QED) is 0.817. The monoisotopic (exact) mass is 304 g/mol. The minimum Gasteiger partial charge on any atom is -0.367 e. The van der Waals surface area contributed by atoms with Gasteiger partial charge in [0.2, 0.25) is 0 Å². The summed E-state index contributed by atoms with van der Waals surface area (Å²) in [7, 11) is 0. The van der Waals surface area contributed by atoms with Gasteiger partial charge >= 0.3 is 0 Å². The summed E-state index contributed by atoms with van der Waals surface area (Å²) in [5.41, 5.74) is 5.33. The van der Waals surface area contributed by atoms with Crippen LogP contribution in [-0.4, -0.2) is 12.6 Å². The first-order valence-electron chi connectivity index (χ1n) is 8.44. The third-order valence-electron chi connectivity index (χ3n) is 4.87. The van der Waals surface area contributed by atoms with E-state index in [1.807, 2.05) is 0 Å². The molecule has 2 heteroatoms. The predicted molar refractivity (Wildman–Crippen MR) is 95.6 cm³/mol. The van der Waals surface area contributed by atoms with Crippen LogP contribution in [0.25, 0.3) is 0 Å². The van der Waals surface area contributed by atoms with E-state index in [9.17, 15) is 0 Å². The Balaban J connectivity index is 1.74. The van der Waals surface area contributed by atoms with Crippen molar-refractivity contribution >= 4 is 5.69 Å². The van der Waals surface area contributed by atoms with Crippen molar-refractivity contribution in [3.05, 3.63) is 65.2 Å². The molecule has 0 saturated carbocycles. The first kappa shape index (κ1) is 15.6. The SMILES string of the molecule is Cc1ccccc1Cc1ccc(N2C[C@@H](C)C[C@H]2CC#N)cc1. The van der Waals surface area contributed by atoms with Gasteiger partial charge in [0.05, 0.1) is 12.5 Å². The van der Waals surface area contributed by atoms with E-state index in [2.05, 4.69) is 73.3 Å². The second-order valence-electron chi connectivity index (χ2n) is 6.78. The Labute approximate surface area is 139 Å². The van der Waals surface area contributed by atoms with Gasteiger partial charge in [0, 0.05) is 18.3 Å². The first-order chi connectivity index (χ1) is 11.2. The lowest BCUT2D eigenvalue weighted by Gasteiger charge is -2.25. The number of benzene rings is 2. The molecular weight excluding hydrogens is 280 g/mol. The number of nitriles is 1. The van der Waals surface area contributed by atoms with Crippen molar-refractivity contribution in [2.75, 3.05) is 11.4 Å². The lowest BCUT2D eigenvalue weighted by molar-refractivity contribution is 0.606. The Morgan fingerprint density at radius 3 is 2.57 bits per heavy atom. The lowest BCUT2D eigenvalue weighted by atomic mass is 10.0. The number of hydrogen-bond acceptors (Lipinski definition) is 2. The largest absolute Gasteiger partial charge is 0.367 e. The molecule has 3 rings (SSSR count). The van der Waals surface area contributed by atoms with Gasteiger partial charge in [0.25, 0.3) is 0 Å². The van der Waals surface area contributed by atoms with Gasteiger partial charge in [-0.1, -0.05) is 43.3 Å². The van der Waals surface area contributed by atoms with Crippen molar-refractivity contribution in [3.63, 3.8) is 0 Å². The second-order valence-corrected chi connectivity index (χ2v) is 6.78. The van der Waals surface area contributed by atoms with Crippen LogP contribution in [0.4, 0.5) is 5.69 Å². The summed E-state index contributed by atoms with van der Waals surface area (Å²) in [6, 6.07) is 20.2. The minimum absolute atomic E-state index is 0.372. The van der Waals surface area contributed by atoms with Crippen molar-refractivity contribution in [3.8, 4) is 6.07 Å². The van der Waals surface area contributed by atoms with Crippen LogP contribution in [0, 0.1) is 24.2 Å². The third kappa shape index (κ3) is 3.56. The highest BCUT2D eigenvalue weighted by Gasteiger charge is 2.29. The molecule has 2 aromatic rings. The average Bonchev–Trinajstić information content (AvgIpc) is 2.91. The normalized spacial score (nSPS) is 20.5. The fourth-order valence-corrected chi connectivity index (χ4v) is 3.60. The van der Waals surface area contributed by atoms with Gasteiger partial charge in [0.1, 0.15) is 0 Å². The first-order valence-corrected chi connectivity index (χ1v) is 8.44. The van der Waals surface area contributed by atoms with E-state index in [4.69, 9.17) is 5.26 Å². The van der Waals surface area contributed by atoms with Crippen LogP contribution in [0.5, 0.6) is 0 Å². The van der Waals surface area contributed by atoms with Crippen molar-refractivity contribution in [1.29, 1.82) is 5.26 Å². The predicted octanol–water partition coefficient (Wildman–Crippen LogP) is 4.71.